The van der Waals surface area contributed by atoms with Crippen LogP contribution < -0.4 is 10.6 Å². The van der Waals surface area contributed by atoms with Crippen molar-refractivity contribution in [2.24, 2.45) is 11.8 Å². The Morgan fingerprint density at radius 2 is 1.82 bits per heavy atom. The second-order valence-corrected chi connectivity index (χ2v) is 8.84. The van der Waals surface area contributed by atoms with E-state index in [1.807, 2.05) is 62.2 Å². The first kappa shape index (κ1) is 18.6. The van der Waals surface area contributed by atoms with Gasteiger partial charge in [-0.3, -0.25) is 4.98 Å². The highest BCUT2D eigenvalue weighted by atomic mass is 16.6. The first-order valence-electron chi connectivity index (χ1n) is 9.83. The van der Waals surface area contributed by atoms with Crippen molar-refractivity contribution in [3.63, 3.8) is 0 Å². The van der Waals surface area contributed by atoms with Crippen molar-refractivity contribution in [1.82, 2.24) is 9.88 Å². The summed E-state index contributed by atoms with van der Waals surface area (Å²) in [5, 5.41) is 0. The molecule has 6 heteroatoms. The van der Waals surface area contributed by atoms with Gasteiger partial charge in [-0.1, -0.05) is 12.1 Å². The average Bonchev–Trinajstić information content (AvgIpc) is 3.19. The summed E-state index contributed by atoms with van der Waals surface area (Å²) in [7, 11) is 0. The Hall–Kier alpha value is -2.76. The number of carbonyl (C=O) groups is 1. The highest BCUT2D eigenvalue weighted by Crippen LogP contribution is 2.34. The fourth-order valence-electron chi connectivity index (χ4n) is 4.12. The third kappa shape index (κ3) is 3.91. The first-order chi connectivity index (χ1) is 13.3. The highest BCUT2D eigenvalue weighted by Gasteiger charge is 2.42. The number of pyridine rings is 1. The molecular weight excluding hydrogens is 352 g/mol. The minimum Gasteiger partial charge on any atom is -0.444 e. The van der Waals surface area contributed by atoms with Crippen LogP contribution in [0.2, 0.25) is 0 Å². The summed E-state index contributed by atoms with van der Waals surface area (Å²) in [5.41, 5.74) is 9.24. The Balaban J connectivity index is 1.38. The van der Waals surface area contributed by atoms with Crippen LogP contribution in [0.3, 0.4) is 0 Å². The van der Waals surface area contributed by atoms with E-state index in [1.165, 1.54) is 0 Å². The number of aromatic nitrogens is 1. The second kappa shape index (κ2) is 7.00. The van der Waals surface area contributed by atoms with E-state index >= 15 is 0 Å². The van der Waals surface area contributed by atoms with Crippen LogP contribution in [0, 0.1) is 11.8 Å². The molecule has 148 valence electrons. The summed E-state index contributed by atoms with van der Waals surface area (Å²) in [6, 6.07) is 11.9. The summed E-state index contributed by atoms with van der Waals surface area (Å²) in [6.45, 7) is 9.15. The van der Waals surface area contributed by atoms with Crippen molar-refractivity contribution < 1.29 is 9.53 Å². The Bertz CT molecular complexity index is 846. The molecule has 2 N–H and O–H groups in total. The van der Waals surface area contributed by atoms with Gasteiger partial charge in [0, 0.05) is 49.3 Å². The van der Waals surface area contributed by atoms with Gasteiger partial charge in [-0.05, 0) is 45.0 Å². The monoisotopic (exact) mass is 380 g/mol. The SMILES string of the molecule is CC(C)(C)OC(=O)N1CC2CN(c3ccc(-c4cccc(N)c4)nc3)CC2C1. The summed E-state index contributed by atoms with van der Waals surface area (Å²) in [5.74, 6) is 0.974. The standard InChI is InChI=1S/C22H28N4O2/c1-22(2,3)28-21(27)26-13-16-11-25(12-17(16)14-26)19-7-8-20(24-10-19)15-5-4-6-18(23)9-15/h4-10,16-17H,11-14,23H2,1-3H3. The average molecular weight is 380 g/mol. The number of fused-ring (bicyclic) bond motifs is 1. The molecule has 2 atom stereocenters. The van der Waals surface area contributed by atoms with Crippen LogP contribution in [0.4, 0.5) is 16.2 Å². The number of likely N-dealkylation sites (tertiary alicyclic amines) is 1. The van der Waals surface area contributed by atoms with Gasteiger partial charge in [0.1, 0.15) is 5.60 Å². The third-order valence-corrected chi connectivity index (χ3v) is 5.43. The molecule has 0 spiro atoms. The Kier molecular flexibility index (Phi) is 4.65. The molecule has 28 heavy (non-hydrogen) atoms. The van der Waals surface area contributed by atoms with Gasteiger partial charge in [0.05, 0.1) is 17.6 Å². The zero-order chi connectivity index (χ0) is 19.9. The van der Waals surface area contributed by atoms with Crippen LogP contribution in [0.15, 0.2) is 42.6 Å². The van der Waals surface area contributed by atoms with E-state index in [1.54, 1.807) is 0 Å². The van der Waals surface area contributed by atoms with Gasteiger partial charge < -0.3 is 20.3 Å². The van der Waals surface area contributed by atoms with E-state index in [9.17, 15) is 4.79 Å². The van der Waals surface area contributed by atoms with Crippen molar-refractivity contribution in [1.29, 1.82) is 0 Å². The molecule has 2 saturated heterocycles. The van der Waals surface area contributed by atoms with Crippen LogP contribution in [0.25, 0.3) is 11.3 Å². The molecule has 1 aromatic heterocycles. The fourth-order valence-corrected chi connectivity index (χ4v) is 4.12. The molecule has 1 aromatic carbocycles. The Labute approximate surface area is 166 Å². The number of nitrogens with two attached hydrogens (primary N) is 1. The fraction of sp³-hybridized carbons (Fsp3) is 0.455. The van der Waals surface area contributed by atoms with Gasteiger partial charge >= 0.3 is 6.09 Å². The first-order valence-corrected chi connectivity index (χ1v) is 9.83. The van der Waals surface area contributed by atoms with Crippen molar-refractivity contribution in [3.8, 4) is 11.3 Å². The van der Waals surface area contributed by atoms with Gasteiger partial charge in [0.15, 0.2) is 0 Å². The van der Waals surface area contributed by atoms with Crippen LogP contribution in [0.1, 0.15) is 20.8 Å². The van der Waals surface area contributed by atoms with Crippen LogP contribution in [-0.2, 0) is 4.74 Å². The smallest absolute Gasteiger partial charge is 0.410 e. The maximum absolute atomic E-state index is 12.3. The summed E-state index contributed by atoms with van der Waals surface area (Å²) < 4.78 is 5.52. The highest BCUT2D eigenvalue weighted by molar-refractivity contribution is 5.69. The Morgan fingerprint density at radius 1 is 1.11 bits per heavy atom. The van der Waals surface area contributed by atoms with Gasteiger partial charge in [-0.25, -0.2) is 4.79 Å². The van der Waals surface area contributed by atoms with Crippen molar-refractivity contribution >= 4 is 17.5 Å². The number of nitrogens with zero attached hydrogens (tertiary/aromatic N) is 3. The molecule has 0 saturated carbocycles. The number of benzene rings is 1. The minimum atomic E-state index is -0.447. The number of hydrogen-bond acceptors (Lipinski definition) is 5. The lowest BCUT2D eigenvalue weighted by Gasteiger charge is -2.26. The topological polar surface area (TPSA) is 71.7 Å². The molecule has 0 bridgehead atoms. The van der Waals surface area contributed by atoms with Crippen LogP contribution >= 0.6 is 0 Å². The minimum absolute atomic E-state index is 0.193. The lowest BCUT2D eigenvalue weighted by Crippen LogP contribution is -2.37. The molecule has 0 radical (unpaired) electrons. The van der Waals surface area contributed by atoms with Crippen molar-refractivity contribution in [2.45, 2.75) is 26.4 Å². The molecule has 0 aliphatic carbocycles. The summed E-state index contributed by atoms with van der Waals surface area (Å²) in [6.07, 6.45) is 1.74. The summed E-state index contributed by atoms with van der Waals surface area (Å²) >= 11 is 0. The largest absolute Gasteiger partial charge is 0.444 e. The molecule has 2 aromatic rings. The molecule has 6 nitrogen and oxygen atoms in total. The number of nitrogen functional groups attached to an aromatic ring is 1. The zero-order valence-corrected chi connectivity index (χ0v) is 16.8. The number of rotatable bonds is 2. The predicted molar refractivity (Wildman–Crippen MR) is 111 cm³/mol. The van der Waals surface area contributed by atoms with E-state index in [-0.39, 0.29) is 6.09 Å². The number of carbonyl (C=O) groups excluding carboxylic acids is 1. The number of hydrogen-bond donors (Lipinski definition) is 1. The molecule has 2 unspecified atom stereocenters. The molecule has 2 aliphatic rings. The molecule has 2 fully saturated rings. The third-order valence-electron chi connectivity index (χ3n) is 5.43. The molecule has 2 aliphatic heterocycles. The number of anilines is 2. The molecule has 1 amide bonds. The summed E-state index contributed by atoms with van der Waals surface area (Å²) in [4.78, 5) is 21.2. The lowest BCUT2D eigenvalue weighted by atomic mass is 10.0. The maximum atomic E-state index is 12.3. The van der Waals surface area contributed by atoms with Crippen LogP contribution in [0.5, 0.6) is 0 Å². The predicted octanol–water partition coefficient (Wildman–Crippen LogP) is 3.63. The molecule has 3 heterocycles. The normalized spacial score (nSPS) is 21.7. The van der Waals surface area contributed by atoms with Crippen molar-refractivity contribution in [2.75, 3.05) is 36.8 Å². The van der Waals surface area contributed by atoms with E-state index in [0.29, 0.717) is 11.8 Å². The number of ether oxygens (including phenoxy) is 1. The van der Waals surface area contributed by atoms with Crippen molar-refractivity contribution in [3.05, 3.63) is 42.6 Å². The zero-order valence-electron chi connectivity index (χ0n) is 16.8. The lowest BCUT2D eigenvalue weighted by molar-refractivity contribution is 0.0282. The van der Waals surface area contributed by atoms with E-state index in [4.69, 9.17) is 10.5 Å². The quantitative estimate of drug-likeness (QED) is 0.806. The van der Waals surface area contributed by atoms with E-state index in [2.05, 4.69) is 16.0 Å². The van der Waals surface area contributed by atoms with Gasteiger partial charge in [0.2, 0.25) is 0 Å². The van der Waals surface area contributed by atoms with E-state index in [0.717, 1.165) is 48.8 Å². The van der Waals surface area contributed by atoms with Gasteiger partial charge in [0.25, 0.3) is 0 Å². The Morgan fingerprint density at radius 3 is 2.39 bits per heavy atom. The maximum Gasteiger partial charge on any atom is 0.410 e. The van der Waals surface area contributed by atoms with Gasteiger partial charge in [-0.15, -0.1) is 0 Å². The second-order valence-electron chi connectivity index (χ2n) is 8.84. The van der Waals surface area contributed by atoms with E-state index < -0.39 is 5.60 Å². The van der Waals surface area contributed by atoms with Gasteiger partial charge in [-0.2, -0.15) is 0 Å². The number of amides is 1. The van der Waals surface area contributed by atoms with Crippen LogP contribution in [-0.4, -0.2) is 47.8 Å². The molecular formula is C22H28N4O2. The molecule has 4 rings (SSSR count).